The summed E-state index contributed by atoms with van der Waals surface area (Å²) in [5, 5.41) is 46.2. The zero-order valence-corrected chi connectivity index (χ0v) is 27.2. The highest BCUT2D eigenvalue weighted by Gasteiger charge is 2.63. The van der Waals surface area contributed by atoms with Gasteiger partial charge >= 0.3 is 0 Å². The van der Waals surface area contributed by atoms with Crippen molar-refractivity contribution in [2.45, 2.75) is 141 Å². The van der Waals surface area contributed by atoms with Crippen LogP contribution in [0.15, 0.2) is 12.3 Å². The van der Waals surface area contributed by atoms with Crippen LogP contribution in [-0.2, 0) is 18.9 Å². The Labute approximate surface area is 247 Å². The van der Waals surface area contributed by atoms with Crippen LogP contribution in [0.2, 0.25) is 0 Å². The summed E-state index contributed by atoms with van der Waals surface area (Å²) < 4.78 is 25.6. The molecule has 3 saturated heterocycles. The zero-order chi connectivity index (χ0) is 31.2. The maximum atomic E-state index is 12.2. The topological polar surface area (TPSA) is 124 Å². The van der Waals surface area contributed by atoms with Crippen LogP contribution < -0.4 is 0 Å². The smallest absolute Gasteiger partial charge is 0.185 e. The molecular formula is C31H58N2O8. The number of aliphatic hydroxyl groups excluding tert-OH is 2. The minimum atomic E-state index is -1.71. The second-order valence-electron chi connectivity index (χ2n) is 13.9. The standard InChI is InChI=1S/C31H58N2O8/c1-13-24-30(9,36)26(35)21(6)33(12)16-17(2)15-29(8)27(20(5)31(37,41-29)19(4)22(7)39-24)40-28-25(34)23(32(10)11)14-18(3)38-28/h17-21,23-28,34-37H,7,13-16H2,1-6,8-12H3/t17-,18-,19+,20-,21-,23?,24-,25-,26-,27-,28+,29+,30-,31?/m1/s1. The summed E-state index contributed by atoms with van der Waals surface area (Å²) in [5.41, 5.74) is -2.51. The lowest BCUT2D eigenvalue weighted by atomic mass is 9.80. The van der Waals surface area contributed by atoms with Crippen molar-refractivity contribution in [2.24, 2.45) is 17.8 Å². The molecule has 0 spiro atoms. The lowest BCUT2D eigenvalue weighted by Crippen LogP contribution is -2.59. The highest BCUT2D eigenvalue weighted by Crippen LogP contribution is 2.51. The Morgan fingerprint density at radius 3 is 2.27 bits per heavy atom. The van der Waals surface area contributed by atoms with E-state index in [1.807, 2.05) is 65.6 Å². The summed E-state index contributed by atoms with van der Waals surface area (Å²) >= 11 is 0. The second kappa shape index (κ2) is 12.7. The zero-order valence-electron chi connectivity index (χ0n) is 27.2. The molecule has 0 aliphatic carbocycles. The van der Waals surface area contributed by atoms with Gasteiger partial charge in [0.1, 0.15) is 23.9 Å². The molecule has 2 unspecified atom stereocenters. The van der Waals surface area contributed by atoms with Gasteiger partial charge in [0.05, 0.1) is 29.5 Å². The van der Waals surface area contributed by atoms with Gasteiger partial charge in [-0.15, -0.1) is 0 Å². The van der Waals surface area contributed by atoms with Gasteiger partial charge in [0.25, 0.3) is 0 Å². The number of hydrogen-bond donors (Lipinski definition) is 4. The molecule has 2 bridgehead atoms. The van der Waals surface area contributed by atoms with Crippen LogP contribution in [0.5, 0.6) is 0 Å². The largest absolute Gasteiger partial charge is 0.492 e. The summed E-state index contributed by atoms with van der Waals surface area (Å²) in [5.74, 6) is -2.64. The molecule has 3 fully saturated rings. The van der Waals surface area contributed by atoms with E-state index in [1.54, 1.807) is 13.8 Å². The van der Waals surface area contributed by atoms with Crippen molar-refractivity contribution < 1.29 is 39.4 Å². The van der Waals surface area contributed by atoms with Crippen LogP contribution in [0.4, 0.5) is 0 Å². The number of hydrogen-bond acceptors (Lipinski definition) is 10. The molecule has 14 atom stereocenters. The van der Waals surface area contributed by atoms with Gasteiger partial charge in [-0.3, -0.25) is 0 Å². The Morgan fingerprint density at radius 2 is 1.71 bits per heavy atom. The fourth-order valence-corrected chi connectivity index (χ4v) is 7.44. The highest BCUT2D eigenvalue weighted by molar-refractivity contribution is 5.11. The Bertz CT molecular complexity index is 903. The van der Waals surface area contributed by atoms with Gasteiger partial charge in [-0.1, -0.05) is 34.3 Å². The SMILES string of the molecule is C=C1O[C@H](CC)[C@@](C)(O)[C@H](O)[C@@H](C)N(C)C[C@H](C)C[C@]2(C)OC(O)([C@H](C)[C@H]2O[C@@H]2O[C@H](C)CC(N(C)C)[C@H]2O)[C@H]1C. The first-order valence-electron chi connectivity index (χ1n) is 15.3. The third-order valence-corrected chi connectivity index (χ3v) is 10.2. The minimum absolute atomic E-state index is 0.0653. The minimum Gasteiger partial charge on any atom is -0.492 e. The van der Waals surface area contributed by atoms with Gasteiger partial charge in [-0.25, -0.2) is 0 Å². The van der Waals surface area contributed by atoms with E-state index in [-0.39, 0.29) is 29.9 Å². The third-order valence-electron chi connectivity index (χ3n) is 10.2. The van der Waals surface area contributed by atoms with Gasteiger partial charge in [-0.05, 0) is 74.0 Å². The van der Waals surface area contributed by atoms with Crippen LogP contribution in [0.1, 0.15) is 74.7 Å². The quantitative estimate of drug-likeness (QED) is 0.390. The van der Waals surface area contributed by atoms with Crippen molar-refractivity contribution in [3.63, 3.8) is 0 Å². The van der Waals surface area contributed by atoms with Crippen LogP contribution in [-0.4, -0.2) is 124 Å². The Morgan fingerprint density at radius 1 is 1.10 bits per heavy atom. The molecule has 0 saturated carbocycles. The Kier molecular flexibility index (Phi) is 10.7. The summed E-state index contributed by atoms with van der Waals surface area (Å²) in [6, 6.07) is -0.506. The fraction of sp³-hybridized carbons (Fsp3) is 0.935. The lowest BCUT2D eigenvalue weighted by Gasteiger charge is -2.44. The average Bonchev–Trinajstić information content (AvgIpc) is 3.06. The van der Waals surface area contributed by atoms with E-state index in [4.69, 9.17) is 18.9 Å². The number of rotatable bonds is 4. The van der Waals surface area contributed by atoms with Gasteiger partial charge in [-0.2, -0.15) is 0 Å². The lowest BCUT2D eigenvalue weighted by molar-refractivity contribution is -0.286. The van der Waals surface area contributed by atoms with Gasteiger partial charge in [0.2, 0.25) is 0 Å². The first kappa shape index (κ1) is 34.7. The Hall–Kier alpha value is -0.820. The molecule has 0 amide bonds. The van der Waals surface area contributed by atoms with E-state index in [2.05, 4.69) is 13.5 Å². The molecule has 0 aromatic rings. The first-order chi connectivity index (χ1) is 18.8. The molecule has 3 heterocycles. The number of nitrogens with zero attached hydrogens (tertiary/aromatic N) is 2. The Balaban J connectivity index is 2.03. The van der Waals surface area contributed by atoms with Crippen LogP contribution in [0.25, 0.3) is 0 Å². The molecule has 10 nitrogen and oxygen atoms in total. The summed E-state index contributed by atoms with van der Waals surface area (Å²) in [7, 11) is 5.79. The number of aliphatic hydroxyl groups is 4. The number of fused-ring (bicyclic) bond motifs is 2. The van der Waals surface area contributed by atoms with Gasteiger partial charge in [0, 0.05) is 24.5 Å². The second-order valence-corrected chi connectivity index (χ2v) is 13.9. The number of likely N-dealkylation sites (N-methyl/N-ethyl adjacent to an activating group) is 2. The van der Waals surface area contributed by atoms with Gasteiger partial charge in [0.15, 0.2) is 12.1 Å². The highest BCUT2D eigenvalue weighted by atomic mass is 16.7. The monoisotopic (exact) mass is 586 g/mol. The predicted molar refractivity (Wildman–Crippen MR) is 157 cm³/mol. The fourth-order valence-electron chi connectivity index (χ4n) is 7.44. The molecule has 3 aliphatic rings. The summed E-state index contributed by atoms with van der Waals surface area (Å²) in [6.07, 6.45) is -2.75. The van der Waals surface area contributed by atoms with Crippen molar-refractivity contribution in [3.8, 4) is 0 Å². The third kappa shape index (κ3) is 6.66. The van der Waals surface area contributed by atoms with E-state index in [0.29, 0.717) is 25.8 Å². The molecule has 240 valence electrons. The van der Waals surface area contributed by atoms with Crippen LogP contribution in [0, 0.1) is 17.8 Å². The molecule has 4 N–H and O–H groups in total. The molecule has 0 radical (unpaired) electrons. The average molecular weight is 587 g/mol. The van der Waals surface area contributed by atoms with Crippen LogP contribution >= 0.6 is 0 Å². The van der Waals surface area contributed by atoms with Crippen LogP contribution in [0.3, 0.4) is 0 Å². The number of ether oxygens (including phenoxy) is 4. The first-order valence-corrected chi connectivity index (χ1v) is 15.3. The van der Waals surface area contributed by atoms with Crippen molar-refractivity contribution in [1.82, 2.24) is 9.80 Å². The maximum absolute atomic E-state index is 12.2. The van der Waals surface area contributed by atoms with Crippen molar-refractivity contribution >= 4 is 0 Å². The maximum Gasteiger partial charge on any atom is 0.185 e. The van der Waals surface area contributed by atoms with E-state index in [9.17, 15) is 20.4 Å². The molecule has 10 heteroatoms. The van der Waals surface area contributed by atoms with E-state index < -0.39 is 59.5 Å². The molecule has 3 rings (SSSR count). The molecular weight excluding hydrogens is 528 g/mol. The van der Waals surface area contributed by atoms with Crippen molar-refractivity contribution in [3.05, 3.63) is 12.3 Å². The van der Waals surface area contributed by atoms with E-state index in [1.165, 1.54) is 0 Å². The molecule has 41 heavy (non-hydrogen) atoms. The van der Waals surface area contributed by atoms with E-state index in [0.717, 1.165) is 0 Å². The predicted octanol–water partition coefficient (Wildman–Crippen LogP) is 2.33. The van der Waals surface area contributed by atoms with Crippen molar-refractivity contribution in [1.29, 1.82) is 0 Å². The van der Waals surface area contributed by atoms with Gasteiger partial charge < -0.3 is 49.2 Å². The molecule has 0 aromatic carbocycles. The van der Waals surface area contributed by atoms with Crippen molar-refractivity contribution in [2.75, 3.05) is 27.7 Å². The summed E-state index contributed by atoms with van der Waals surface area (Å²) in [4.78, 5) is 4.02. The molecule has 0 aromatic heterocycles. The van der Waals surface area contributed by atoms with E-state index >= 15 is 0 Å². The summed E-state index contributed by atoms with van der Waals surface area (Å²) in [6.45, 7) is 19.8. The normalized spacial score (nSPS) is 50.9. The molecule has 3 aliphatic heterocycles.